The first kappa shape index (κ1) is 19.7. The molecular weight excluding hydrogens is 366 g/mol. The second-order valence-corrected chi connectivity index (χ2v) is 7.66. The van der Waals surface area contributed by atoms with Gasteiger partial charge in [-0.3, -0.25) is 9.48 Å². The van der Waals surface area contributed by atoms with Gasteiger partial charge in [-0.25, -0.2) is 0 Å². The minimum atomic E-state index is -0.930. The molecule has 27 heavy (non-hydrogen) atoms. The van der Waals surface area contributed by atoms with E-state index in [1.165, 1.54) is 0 Å². The molecule has 1 aliphatic rings. The topological polar surface area (TPSA) is 67.6 Å². The number of aromatic nitrogens is 2. The Bertz CT molecular complexity index is 779. The quantitative estimate of drug-likeness (QED) is 0.822. The van der Waals surface area contributed by atoms with E-state index >= 15 is 0 Å². The van der Waals surface area contributed by atoms with E-state index in [0.29, 0.717) is 49.5 Å². The molecule has 1 aliphatic heterocycles. The van der Waals surface area contributed by atoms with Gasteiger partial charge in [-0.15, -0.1) is 0 Å². The molecule has 7 heteroatoms. The molecule has 1 aromatic carbocycles. The van der Waals surface area contributed by atoms with Crippen LogP contribution >= 0.6 is 11.6 Å². The highest BCUT2D eigenvalue weighted by molar-refractivity contribution is 6.30. The normalized spacial score (nSPS) is 20.3. The molecule has 3 rings (SSSR count). The molecule has 1 amide bonds. The first-order chi connectivity index (χ1) is 12.9. The van der Waals surface area contributed by atoms with Crippen LogP contribution < -0.4 is 4.74 Å². The van der Waals surface area contributed by atoms with Crippen LogP contribution in [-0.2, 0) is 18.3 Å². The molecule has 1 saturated heterocycles. The minimum Gasteiger partial charge on any atom is -0.491 e. The summed E-state index contributed by atoms with van der Waals surface area (Å²) in [7, 11) is 1.87. The number of rotatable bonds is 6. The molecule has 0 radical (unpaired) electrons. The average Bonchev–Trinajstić information content (AvgIpc) is 2.96. The number of aliphatic hydroxyl groups is 1. The molecule has 6 nitrogen and oxygen atoms in total. The van der Waals surface area contributed by atoms with Gasteiger partial charge < -0.3 is 14.7 Å². The van der Waals surface area contributed by atoms with Crippen molar-refractivity contribution in [3.8, 4) is 5.75 Å². The summed E-state index contributed by atoms with van der Waals surface area (Å²) in [5.74, 6) is 0.767. The van der Waals surface area contributed by atoms with Gasteiger partial charge in [0.05, 0.1) is 6.20 Å². The number of amides is 1. The maximum Gasteiger partial charge on any atom is 0.222 e. The summed E-state index contributed by atoms with van der Waals surface area (Å²) in [6.07, 6.45) is 6.75. The number of carbonyl (C=O) groups is 1. The lowest BCUT2D eigenvalue weighted by Crippen LogP contribution is -2.38. The Morgan fingerprint density at radius 3 is 2.96 bits per heavy atom. The predicted octanol–water partition coefficient (Wildman–Crippen LogP) is 2.83. The summed E-state index contributed by atoms with van der Waals surface area (Å²) in [6.45, 7) is 1.41. The van der Waals surface area contributed by atoms with Gasteiger partial charge in [-0.05, 0) is 49.4 Å². The first-order valence-electron chi connectivity index (χ1n) is 9.30. The van der Waals surface area contributed by atoms with Crippen molar-refractivity contribution in [1.82, 2.24) is 14.7 Å². The van der Waals surface area contributed by atoms with Crippen LogP contribution in [0.2, 0.25) is 5.02 Å². The Morgan fingerprint density at radius 2 is 2.22 bits per heavy atom. The summed E-state index contributed by atoms with van der Waals surface area (Å²) in [5.41, 5.74) is 0.132. The van der Waals surface area contributed by atoms with Crippen molar-refractivity contribution in [3.63, 3.8) is 0 Å². The van der Waals surface area contributed by atoms with Gasteiger partial charge >= 0.3 is 0 Å². The molecule has 1 aromatic heterocycles. The van der Waals surface area contributed by atoms with Crippen LogP contribution in [0.15, 0.2) is 36.7 Å². The van der Waals surface area contributed by atoms with E-state index in [2.05, 4.69) is 5.10 Å². The SMILES string of the molecule is Cn1cc(CCC(=O)N2CCCC(O)(COc3cccc(Cl)c3)CC2)cn1. The number of benzene rings is 1. The van der Waals surface area contributed by atoms with Gasteiger partial charge in [0, 0.05) is 37.8 Å². The van der Waals surface area contributed by atoms with Crippen molar-refractivity contribution in [2.75, 3.05) is 19.7 Å². The van der Waals surface area contributed by atoms with E-state index in [-0.39, 0.29) is 12.5 Å². The highest BCUT2D eigenvalue weighted by atomic mass is 35.5. The highest BCUT2D eigenvalue weighted by Crippen LogP contribution is 2.25. The molecule has 2 heterocycles. The van der Waals surface area contributed by atoms with Crippen LogP contribution in [0.5, 0.6) is 5.75 Å². The van der Waals surface area contributed by atoms with Crippen molar-refractivity contribution in [2.24, 2.45) is 7.05 Å². The third-order valence-corrected chi connectivity index (χ3v) is 5.19. The van der Waals surface area contributed by atoms with E-state index in [4.69, 9.17) is 16.3 Å². The van der Waals surface area contributed by atoms with Crippen molar-refractivity contribution in [2.45, 2.75) is 37.7 Å². The van der Waals surface area contributed by atoms with Crippen LogP contribution in [0, 0.1) is 0 Å². The monoisotopic (exact) mass is 391 g/mol. The fourth-order valence-electron chi connectivity index (χ4n) is 3.36. The Hall–Kier alpha value is -2.05. The van der Waals surface area contributed by atoms with Crippen LogP contribution in [0.1, 0.15) is 31.2 Å². The molecule has 1 atom stereocenters. The average molecular weight is 392 g/mol. The van der Waals surface area contributed by atoms with Crippen LogP contribution in [0.4, 0.5) is 0 Å². The molecule has 0 bridgehead atoms. The van der Waals surface area contributed by atoms with Crippen LogP contribution in [-0.4, -0.2) is 51.0 Å². The van der Waals surface area contributed by atoms with Crippen molar-refractivity contribution < 1.29 is 14.6 Å². The smallest absolute Gasteiger partial charge is 0.222 e. The predicted molar refractivity (Wildman–Crippen MR) is 104 cm³/mol. The molecular formula is C20H26ClN3O3. The van der Waals surface area contributed by atoms with Crippen molar-refractivity contribution in [1.29, 1.82) is 0 Å². The Balaban J connectivity index is 1.49. The van der Waals surface area contributed by atoms with Crippen molar-refractivity contribution >= 4 is 17.5 Å². The molecule has 1 unspecified atom stereocenters. The van der Waals surface area contributed by atoms with Gasteiger partial charge in [-0.2, -0.15) is 5.10 Å². The third-order valence-electron chi connectivity index (χ3n) is 4.96. The maximum absolute atomic E-state index is 12.5. The van der Waals surface area contributed by atoms with Gasteiger partial charge in [0.25, 0.3) is 0 Å². The van der Waals surface area contributed by atoms with Crippen LogP contribution in [0.25, 0.3) is 0 Å². The van der Waals surface area contributed by atoms with E-state index in [9.17, 15) is 9.90 Å². The Kier molecular flexibility index (Phi) is 6.39. The molecule has 0 spiro atoms. The lowest BCUT2D eigenvalue weighted by atomic mass is 9.96. The first-order valence-corrected chi connectivity index (χ1v) is 9.67. The van der Waals surface area contributed by atoms with Crippen LogP contribution in [0.3, 0.4) is 0 Å². The fraction of sp³-hybridized carbons (Fsp3) is 0.500. The molecule has 2 aromatic rings. The number of halogens is 1. The largest absolute Gasteiger partial charge is 0.491 e. The molecule has 1 N–H and O–H groups in total. The van der Waals surface area contributed by atoms with E-state index in [0.717, 1.165) is 12.0 Å². The zero-order valence-corrected chi connectivity index (χ0v) is 16.4. The summed E-state index contributed by atoms with van der Waals surface area (Å²) in [4.78, 5) is 14.4. The second-order valence-electron chi connectivity index (χ2n) is 7.23. The van der Waals surface area contributed by atoms with E-state index in [1.807, 2.05) is 30.3 Å². The standard InChI is InChI=1S/C20H26ClN3O3/c1-23-14-16(13-22-23)6-7-19(25)24-10-3-8-20(26,9-11-24)15-27-18-5-2-4-17(21)12-18/h2,4-5,12-14,26H,3,6-11,15H2,1H3. The lowest BCUT2D eigenvalue weighted by Gasteiger charge is -2.27. The van der Waals surface area contributed by atoms with Gasteiger partial charge in [0.15, 0.2) is 0 Å². The number of hydrogen-bond acceptors (Lipinski definition) is 4. The molecule has 0 aliphatic carbocycles. The zero-order chi connectivity index (χ0) is 19.3. The number of hydrogen-bond donors (Lipinski definition) is 1. The number of nitrogens with zero attached hydrogens (tertiary/aromatic N) is 3. The number of ether oxygens (including phenoxy) is 1. The number of likely N-dealkylation sites (tertiary alicyclic amines) is 1. The molecule has 0 saturated carbocycles. The summed E-state index contributed by atoms with van der Waals surface area (Å²) < 4.78 is 7.48. The Labute approximate surface area is 164 Å². The van der Waals surface area contributed by atoms with Crippen molar-refractivity contribution in [3.05, 3.63) is 47.2 Å². The van der Waals surface area contributed by atoms with E-state index < -0.39 is 5.60 Å². The van der Waals surface area contributed by atoms with Gasteiger partial charge in [-0.1, -0.05) is 17.7 Å². The van der Waals surface area contributed by atoms with Gasteiger partial charge in [0.1, 0.15) is 18.0 Å². The summed E-state index contributed by atoms with van der Waals surface area (Å²) in [5, 5.41) is 15.6. The maximum atomic E-state index is 12.5. The lowest BCUT2D eigenvalue weighted by molar-refractivity contribution is -0.131. The third kappa shape index (κ3) is 5.71. The summed E-state index contributed by atoms with van der Waals surface area (Å²) in [6, 6.07) is 7.15. The number of aryl methyl sites for hydroxylation is 2. The summed E-state index contributed by atoms with van der Waals surface area (Å²) >= 11 is 5.96. The molecule has 1 fully saturated rings. The highest BCUT2D eigenvalue weighted by Gasteiger charge is 2.32. The minimum absolute atomic E-state index is 0.124. The Morgan fingerprint density at radius 1 is 1.37 bits per heavy atom. The second kappa shape index (κ2) is 8.76. The van der Waals surface area contributed by atoms with Gasteiger partial charge in [0.2, 0.25) is 5.91 Å². The zero-order valence-electron chi connectivity index (χ0n) is 15.6. The fourth-order valence-corrected chi connectivity index (χ4v) is 3.54. The van der Waals surface area contributed by atoms with E-state index in [1.54, 1.807) is 23.0 Å². The molecule has 146 valence electrons. The number of carbonyl (C=O) groups excluding carboxylic acids is 1.